The predicted molar refractivity (Wildman–Crippen MR) is 81.3 cm³/mol. The molecule has 0 amide bonds. The van der Waals surface area contributed by atoms with Crippen molar-refractivity contribution in [1.82, 2.24) is 20.0 Å². The number of pyridine rings is 1. The molecule has 0 aliphatic heterocycles. The topological polar surface area (TPSA) is 86.9 Å². The molecule has 0 aromatic carbocycles. The number of H-pyrrole nitrogens is 1. The van der Waals surface area contributed by atoms with Crippen LogP contribution in [0.1, 0.15) is 18.3 Å². The third-order valence-corrected chi connectivity index (χ3v) is 4.43. The van der Waals surface area contributed by atoms with Gasteiger partial charge in [-0.25, -0.2) is 13.1 Å². The summed E-state index contributed by atoms with van der Waals surface area (Å²) < 4.78 is 26.9. The van der Waals surface area contributed by atoms with Crippen LogP contribution in [0, 0.1) is 0 Å². The van der Waals surface area contributed by atoms with Gasteiger partial charge in [0.05, 0.1) is 4.90 Å². The number of nitrogens with one attached hydrogen (secondary N) is 3. The van der Waals surface area contributed by atoms with Crippen molar-refractivity contribution in [3.63, 3.8) is 0 Å². The maximum absolute atomic E-state index is 12.1. The summed E-state index contributed by atoms with van der Waals surface area (Å²) in [6.07, 6.45) is 3.77. The van der Waals surface area contributed by atoms with Crippen LogP contribution in [0.3, 0.4) is 0 Å². The van der Waals surface area contributed by atoms with Crippen molar-refractivity contribution in [3.05, 3.63) is 48.0 Å². The quantitative estimate of drug-likeness (QED) is 0.680. The van der Waals surface area contributed by atoms with Gasteiger partial charge in [-0.15, -0.1) is 0 Å². The summed E-state index contributed by atoms with van der Waals surface area (Å²) in [5.41, 5.74) is 1.71. The summed E-state index contributed by atoms with van der Waals surface area (Å²) in [5.74, 6) is 0. The Bertz CT molecular complexity index is 653. The largest absolute Gasteiger partial charge is 0.363 e. The fourth-order valence-corrected chi connectivity index (χ4v) is 2.93. The van der Waals surface area contributed by atoms with Crippen LogP contribution in [0.2, 0.25) is 0 Å². The van der Waals surface area contributed by atoms with Gasteiger partial charge >= 0.3 is 0 Å². The molecule has 0 bridgehead atoms. The van der Waals surface area contributed by atoms with E-state index in [1.165, 1.54) is 6.20 Å². The molecule has 7 heteroatoms. The second-order valence-electron chi connectivity index (χ2n) is 4.61. The summed E-state index contributed by atoms with van der Waals surface area (Å²) in [6, 6.07) is 7.24. The Labute approximate surface area is 125 Å². The van der Waals surface area contributed by atoms with E-state index in [-0.39, 0.29) is 4.90 Å². The molecule has 114 valence electrons. The van der Waals surface area contributed by atoms with Crippen molar-refractivity contribution >= 4 is 10.0 Å². The second kappa shape index (κ2) is 7.35. The van der Waals surface area contributed by atoms with Crippen LogP contribution in [0.4, 0.5) is 0 Å². The zero-order valence-corrected chi connectivity index (χ0v) is 12.8. The van der Waals surface area contributed by atoms with E-state index in [1.54, 1.807) is 12.3 Å². The lowest BCUT2D eigenvalue weighted by Gasteiger charge is -2.04. The predicted octanol–water partition coefficient (Wildman–Crippen LogP) is 1.04. The van der Waals surface area contributed by atoms with Gasteiger partial charge in [0, 0.05) is 43.3 Å². The van der Waals surface area contributed by atoms with Crippen LogP contribution in [-0.2, 0) is 23.0 Å². The summed E-state index contributed by atoms with van der Waals surface area (Å²) in [7, 11) is -3.47. The molecule has 0 saturated heterocycles. The van der Waals surface area contributed by atoms with E-state index >= 15 is 0 Å². The number of hydrogen-bond acceptors (Lipinski definition) is 4. The minimum Gasteiger partial charge on any atom is -0.363 e. The summed E-state index contributed by atoms with van der Waals surface area (Å²) in [6.45, 7) is 3.79. The van der Waals surface area contributed by atoms with Gasteiger partial charge in [-0.1, -0.05) is 13.0 Å². The normalized spacial score (nSPS) is 11.7. The molecule has 0 radical (unpaired) electrons. The Morgan fingerprint density at radius 1 is 1.33 bits per heavy atom. The highest BCUT2D eigenvalue weighted by Gasteiger charge is 2.15. The van der Waals surface area contributed by atoms with E-state index in [4.69, 9.17) is 0 Å². The minimum atomic E-state index is -3.47. The van der Waals surface area contributed by atoms with Gasteiger partial charge in [0.25, 0.3) is 0 Å². The van der Waals surface area contributed by atoms with E-state index in [9.17, 15) is 8.42 Å². The van der Waals surface area contributed by atoms with E-state index in [0.29, 0.717) is 19.5 Å². The zero-order chi connectivity index (χ0) is 15.1. The average molecular weight is 308 g/mol. The SMILES string of the molecule is CCNCc1cc(S(=O)(=O)NCCc2ccccn2)c[nH]1. The molecule has 2 heterocycles. The van der Waals surface area contributed by atoms with Gasteiger partial charge in [-0.3, -0.25) is 4.98 Å². The number of hydrogen-bond donors (Lipinski definition) is 3. The number of rotatable bonds is 8. The van der Waals surface area contributed by atoms with Gasteiger partial charge in [0.2, 0.25) is 10.0 Å². The molecule has 21 heavy (non-hydrogen) atoms. The van der Waals surface area contributed by atoms with Crippen LogP contribution >= 0.6 is 0 Å². The molecule has 3 N–H and O–H groups in total. The van der Waals surface area contributed by atoms with E-state index in [0.717, 1.165) is 17.9 Å². The highest BCUT2D eigenvalue weighted by molar-refractivity contribution is 7.89. The maximum Gasteiger partial charge on any atom is 0.242 e. The first-order valence-electron chi connectivity index (χ1n) is 6.89. The van der Waals surface area contributed by atoms with Gasteiger partial charge in [-0.2, -0.15) is 0 Å². The standard InChI is InChI=1S/C14H20N4O2S/c1-2-15-10-13-9-14(11-17-13)21(19,20)18-8-6-12-5-3-4-7-16-12/h3-5,7,9,11,15,17-18H,2,6,8,10H2,1H3. The molecule has 0 fully saturated rings. The van der Waals surface area contributed by atoms with Crippen LogP contribution in [0.25, 0.3) is 0 Å². The maximum atomic E-state index is 12.1. The second-order valence-corrected chi connectivity index (χ2v) is 6.38. The molecule has 0 saturated carbocycles. The lowest BCUT2D eigenvalue weighted by Crippen LogP contribution is -2.25. The average Bonchev–Trinajstić information content (AvgIpc) is 2.96. The molecule has 2 rings (SSSR count). The Morgan fingerprint density at radius 3 is 2.90 bits per heavy atom. The third-order valence-electron chi connectivity index (χ3n) is 2.99. The first-order chi connectivity index (χ1) is 10.1. The lowest BCUT2D eigenvalue weighted by atomic mass is 10.3. The molecular formula is C14H20N4O2S. The first kappa shape index (κ1) is 15.7. The number of nitrogens with zero attached hydrogens (tertiary/aromatic N) is 1. The van der Waals surface area contributed by atoms with Crippen LogP contribution in [-0.4, -0.2) is 31.5 Å². The fourth-order valence-electron chi connectivity index (χ4n) is 1.88. The molecule has 0 aliphatic rings. The molecule has 6 nitrogen and oxygen atoms in total. The van der Waals surface area contributed by atoms with Crippen molar-refractivity contribution in [3.8, 4) is 0 Å². The summed E-state index contributed by atoms with van der Waals surface area (Å²) in [4.78, 5) is 7.38. The molecule has 0 unspecified atom stereocenters. The monoisotopic (exact) mass is 308 g/mol. The van der Waals surface area contributed by atoms with Crippen LogP contribution in [0.15, 0.2) is 41.6 Å². The van der Waals surface area contributed by atoms with Gasteiger partial charge < -0.3 is 10.3 Å². The summed E-state index contributed by atoms with van der Waals surface area (Å²) >= 11 is 0. The van der Waals surface area contributed by atoms with Gasteiger partial charge in [0.15, 0.2) is 0 Å². The highest BCUT2D eigenvalue weighted by atomic mass is 32.2. The molecule has 2 aromatic heterocycles. The highest BCUT2D eigenvalue weighted by Crippen LogP contribution is 2.10. The number of aromatic nitrogens is 2. The van der Waals surface area contributed by atoms with Crippen molar-refractivity contribution in [2.24, 2.45) is 0 Å². The Balaban J connectivity index is 1.90. The van der Waals surface area contributed by atoms with Crippen molar-refractivity contribution in [2.45, 2.75) is 24.8 Å². The zero-order valence-electron chi connectivity index (χ0n) is 12.0. The van der Waals surface area contributed by atoms with Gasteiger partial charge in [0.1, 0.15) is 0 Å². The first-order valence-corrected chi connectivity index (χ1v) is 8.37. The molecule has 0 spiro atoms. The van der Waals surface area contributed by atoms with E-state index < -0.39 is 10.0 Å². The lowest BCUT2D eigenvalue weighted by molar-refractivity contribution is 0.581. The minimum absolute atomic E-state index is 0.261. The van der Waals surface area contributed by atoms with E-state index in [2.05, 4.69) is 20.0 Å². The van der Waals surface area contributed by atoms with Crippen LogP contribution < -0.4 is 10.0 Å². The number of sulfonamides is 1. The van der Waals surface area contributed by atoms with Crippen LogP contribution in [0.5, 0.6) is 0 Å². The molecular weight excluding hydrogens is 288 g/mol. The van der Waals surface area contributed by atoms with Crippen molar-refractivity contribution in [1.29, 1.82) is 0 Å². The smallest absolute Gasteiger partial charge is 0.242 e. The molecule has 0 aliphatic carbocycles. The Hall–Kier alpha value is -1.70. The number of aromatic amines is 1. The van der Waals surface area contributed by atoms with Crippen molar-refractivity contribution in [2.75, 3.05) is 13.1 Å². The summed E-state index contributed by atoms with van der Waals surface area (Å²) in [5, 5.41) is 3.14. The third kappa shape index (κ3) is 4.66. The molecule has 2 aromatic rings. The Morgan fingerprint density at radius 2 is 2.19 bits per heavy atom. The van der Waals surface area contributed by atoms with Gasteiger partial charge in [-0.05, 0) is 24.7 Å². The van der Waals surface area contributed by atoms with Crippen molar-refractivity contribution < 1.29 is 8.42 Å². The van der Waals surface area contributed by atoms with E-state index in [1.807, 2.05) is 25.1 Å². The molecule has 0 atom stereocenters. The Kier molecular flexibility index (Phi) is 5.49. The fraction of sp³-hybridized carbons (Fsp3) is 0.357.